The summed E-state index contributed by atoms with van der Waals surface area (Å²) in [5.74, 6) is 0. The van der Waals surface area contributed by atoms with Crippen molar-refractivity contribution in [2.75, 3.05) is 0 Å². The topological polar surface area (TPSA) is 13.1 Å². The van der Waals surface area contributed by atoms with Crippen LogP contribution in [0.2, 0.25) is 0 Å². The van der Waals surface area contributed by atoms with Crippen molar-refractivity contribution in [1.29, 1.82) is 0 Å². The van der Waals surface area contributed by atoms with E-state index in [-0.39, 0.29) is 0 Å². The van der Waals surface area contributed by atoms with Crippen molar-refractivity contribution in [1.82, 2.24) is 0 Å². The number of thiophene rings is 1. The molecule has 0 saturated carbocycles. The third-order valence-electron chi connectivity index (χ3n) is 5.34. The van der Waals surface area contributed by atoms with Crippen molar-refractivity contribution in [2.45, 2.75) is 6.92 Å². The molecule has 128 valence electrons. The van der Waals surface area contributed by atoms with Crippen molar-refractivity contribution in [2.24, 2.45) is 0 Å². The van der Waals surface area contributed by atoms with Crippen LogP contribution in [0.4, 0.5) is 0 Å². The highest BCUT2D eigenvalue weighted by molar-refractivity contribution is 7.26. The smallest absolute Gasteiger partial charge is 0.135 e. The SMILES string of the molecule is Cc1ccc2oc3ccc(-c4cccc5c4sc4ccccc45)cc3c2c1. The third-order valence-corrected chi connectivity index (χ3v) is 6.56. The second-order valence-electron chi connectivity index (χ2n) is 7.09. The molecule has 0 spiro atoms. The summed E-state index contributed by atoms with van der Waals surface area (Å²) < 4.78 is 8.72. The molecule has 2 heteroatoms. The highest BCUT2D eigenvalue weighted by Crippen LogP contribution is 2.41. The fourth-order valence-corrected chi connectivity index (χ4v) is 5.27. The zero-order valence-corrected chi connectivity index (χ0v) is 15.6. The molecule has 0 aliphatic heterocycles. The number of furan rings is 1. The largest absolute Gasteiger partial charge is 0.456 e. The lowest BCUT2D eigenvalue weighted by Crippen LogP contribution is -1.78. The maximum Gasteiger partial charge on any atom is 0.135 e. The van der Waals surface area contributed by atoms with Gasteiger partial charge in [0.2, 0.25) is 0 Å². The molecule has 6 aromatic rings. The first-order valence-electron chi connectivity index (χ1n) is 9.11. The number of benzene rings is 4. The first-order chi connectivity index (χ1) is 13.3. The molecule has 0 saturated heterocycles. The van der Waals surface area contributed by atoms with E-state index in [1.165, 1.54) is 47.6 Å². The standard InChI is InChI=1S/C25H16OS/c1-15-9-11-22-20(13-15)21-14-16(10-12-23(21)26-22)17-6-4-7-19-18-5-2-3-8-24(18)27-25(17)19/h2-14H,1H3. The molecule has 2 heterocycles. The van der Waals surface area contributed by atoms with Crippen LogP contribution in [-0.2, 0) is 0 Å². The Balaban J connectivity index is 1.67. The van der Waals surface area contributed by atoms with Gasteiger partial charge in [0, 0.05) is 30.9 Å². The molecule has 27 heavy (non-hydrogen) atoms. The minimum Gasteiger partial charge on any atom is -0.456 e. The molecule has 0 aliphatic carbocycles. The van der Waals surface area contributed by atoms with E-state index in [0.29, 0.717) is 0 Å². The average molecular weight is 364 g/mol. The van der Waals surface area contributed by atoms with Gasteiger partial charge in [-0.1, -0.05) is 54.1 Å². The molecule has 0 bridgehead atoms. The zero-order valence-electron chi connectivity index (χ0n) is 14.8. The van der Waals surface area contributed by atoms with Gasteiger partial charge in [-0.2, -0.15) is 0 Å². The summed E-state index contributed by atoms with van der Waals surface area (Å²) in [6.07, 6.45) is 0. The second kappa shape index (κ2) is 5.45. The highest BCUT2D eigenvalue weighted by Gasteiger charge is 2.12. The van der Waals surface area contributed by atoms with Gasteiger partial charge in [0.05, 0.1) is 0 Å². The molecule has 0 aliphatic rings. The molecule has 6 rings (SSSR count). The number of hydrogen-bond donors (Lipinski definition) is 0. The predicted octanol–water partition coefficient (Wildman–Crippen LogP) is 7.93. The molecule has 0 amide bonds. The molecule has 0 radical (unpaired) electrons. The van der Waals surface area contributed by atoms with Crippen molar-refractivity contribution in [3.05, 3.63) is 84.4 Å². The maximum absolute atomic E-state index is 6.04. The molecular formula is C25H16OS. The lowest BCUT2D eigenvalue weighted by atomic mass is 10.0. The van der Waals surface area contributed by atoms with Crippen LogP contribution in [0.1, 0.15) is 5.56 Å². The number of aryl methyl sites for hydroxylation is 1. The van der Waals surface area contributed by atoms with Crippen molar-refractivity contribution in [3.8, 4) is 11.1 Å². The number of rotatable bonds is 1. The summed E-state index contributed by atoms with van der Waals surface area (Å²) in [6.45, 7) is 2.13. The highest BCUT2D eigenvalue weighted by atomic mass is 32.1. The summed E-state index contributed by atoms with van der Waals surface area (Å²) in [5.41, 5.74) is 5.68. The second-order valence-corrected chi connectivity index (χ2v) is 8.15. The van der Waals surface area contributed by atoms with E-state index < -0.39 is 0 Å². The summed E-state index contributed by atoms with van der Waals surface area (Å²) >= 11 is 1.87. The Labute approximate surface area is 160 Å². The number of fused-ring (bicyclic) bond motifs is 6. The van der Waals surface area contributed by atoms with Crippen LogP contribution in [0, 0.1) is 6.92 Å². The number of hydrogen-bond acceptors (Lipinski definition) is 2. The van der Waals surface area contributed by atoms with E-state index in [2.05, 4.69) is 85.8 Å². The molecular weight excluding hydrogens is 348 g/mol. The molecule has 1 nitrogen and oxygen atoms in total. The van der Waals surface area contributed by atoms with Crippen LogP contribution in [0.15, 0.2) is 83.3 Å². The molecule has 0 fully saturated rings. The molecule has 4 aromatic carbocycles. The molecule has 2 aromatic heterocycles. The van der Waals surface area contributed by atoms with Gasteiger partial charge in [-0.3, -0.25) is 0 Å². The maximum atomic E-state index is 6.04. The predicted molar refractivity (Wildman–Crippen MR) is 117 cm³/mol. The Hall–Kier alpha value is -3.10. The van der Waals surface area contributed by atoms with E-state index in [1.807, 2.05) is 11.3 Å². The zero-order chi connectivity index (χ0) is 18.0. The van der Waals surface area contributed by atoms with Crippen LogP contribution in [-0.4, -0.2) is 0 Å². The fourth-order valence-electron chi connectivity index (χ4n) is 4.03. The first kappa shape index (κ1) is 15.0. The summed E-state index contributed by atoms with van der Waals surface area (Å²) in [5, 5.41) is 5.05. The van der Waals surface area contributed by atoms with Gasteiger partial charge in [-0.25, -0.2) is 0 Å². The van der Waals surface area contributed by atoms with Gasteiger partial charge in [-0.15, -0.1) is 11.3 Å². The van der Waals surface area contributed by atoms with Gasteiger partial charge in [0.1, 0.15) is 11.2 Å². The van der Waals surface area contributed by atoms with Crippen molar-refractivity contribution < 1.29 is 4.42 Å². The summed E-state index contributed by atoms with van der Waals surface area (Å²) in [4.78, 5) is 0. The first-order valence-corrected chi connectivity index (χ1v) is 9.93. The molecule has 0 atom stereocenters. The van der Waals surface area contributed by atoms with Crippen LogP contribution in [0.25, 0.3) is 53.2 Å². The van der Waals surface area contributed by atoms with E-state index in [1.54, 1.807) is 0 Å². The van der Waals surface area contributed by atoms with Gasteiger partial charge >= 0.3 is 0 Å². The van der Waals surface area contributed by atoms with Gasteiger partial charge in [-0.05, 0) is 48.4 Å². The fraction of sp³-hybridized carbons (Fsp3) is 0.0400. The minimum absolute atomic E-state index is 0.947. The van der Waals surface area contributed by atoms with Gasteiger partial charge in [0.25, 0.3) is 0 Å². The normalized spacial score (nSPS) is 11.9. The van der Waals surface area contributed by atoms with Gasteiger partial charge < -0.3 is 4.42 Å². The van der Waals surface area contributed by atoms with Crippen LogP contribution < -0.4 is 0 Å². The summed E-state index contributed by atoms with van der Waals surface area (Å²) in [7, 11) is 0. The molecule has 0 N–H and O–H groups in total. The minimum atomic E-state index is 0.947. The average Bonchev–Trinajstić information content (AvgIpc) is 3.25. The van der Waals surface area contributed by atoms with Crippen molar-refractivity contribution >= 4 is 53.4 Å². The van der Waals surface area contributed by atoms with Crippen molar-refractivity contribution in [3.63, 3.8) is 0 Å². The Kier molecular flexibility index (Phi) is 3.03. The lowest BCUT2D eigenvalue weighted by molar-refractivity contribution is 0.669. The van der Waals surface area contributed by atoms with Gasteiger partial charge in [0.15, 0.2) is 0 Å². The summed E-state index contributed by atoms with van der Waals surface area (Å²) in [6, 6.07) is 28.2. The monoisotopic (exact) mass is 364 g/mol. The Morgan fingerprint density at radius 1 is 0.667 bits per heavy atom. The third kappa shape index (κ3) is 2.17. The Bertz CT molecular complexity index is 1480. The van der Waals surface area contributed by atoms with E-state index in [0.717, 1.165) is 11.2 Å². The van der Waals surface area contributed by atoms with E-state index >= 15 is 0 Å². The quantitative estimate of drug-likeness (QED) is 0.289. The lowest BCUT2D eigenvalue weighted by Gasteiger charge is -2.04. The Morgan fingerprint density at radius 3 is 2.37 bits per heavy atom. The van der Waals surface area contributed by atoms with E-state index in [4.69, 9.17) is 4.42 Å². The van der Waals surface area contributed by atoms with Crippen LogP contribution in [0.5, 0.6) is 0 Å². The van der Waals surface area contributed by atoms with E-state index in [9.17, 15) is 0 Å². The van der Waals surface area contributed by atoms with Crippen LogP contribution >= 0.6 is 11.3 Å². The Morgan fingerprint density at radius 2 is 1.44 bits per heavy atom. The molecule has 0 unspecified atom stereocenters. The van der Waals surface area contributed by atoms with Crippen LogP contribution in [0.3, 0.4) is 0 Å².